The SMILES string of the molecule is CC(C)(C)c1ccc(C(=O)Nc2cccc(NC(=O)C3CCN(Cc4nc(-c5cccc(Cl)c5)no4)CC3)c2)cc1. The van der Waals surface area contributed by atoms with Gasteiger partial charge in [-0.15, -0.1) is 0 Å². The lowest BCUT2D eigenvalue weighted by Gasteiger charge is -2.30. The first-order chi connectivity index (χ1) is 19.6. The van der Waals surface area contributed by atoms with Crippen molar-refractivity contribution in [2.75, 3.05) is 23.7 Å². The van der Waals surface area contributed by atoms with Gasteiger partial charge in [0, 0.05) is 33.4 Å². The number of amides is 2. The highest BCUT2D eigenvalue weighted by Crippen LogP contribution is 2.25. The second-order valence-electron chi connectivity index (χ2n) is 11.4. The summed E-state index contributed by atoms with van der Waals surface area (Å²) >= 11 is 6.07. The average molecular weight is 572 g/mol. The van der Waals surface area contributed by atoms with Gasteiger partial charge in [0.15, 0.2) is 0 Å². The molecule has 1 saturated heterocycles. The Labute approximate surface area is 245 Å². The predicted octanol–water partition coefficient (Wildman–Crippen LogP) is 6.79. The molecule has 0 spiro atoms. The second-order valence-corrected chi connectivity index (χ2v) is 11.9. The normalized spacial score (nSPS) is 14.5. The Kier molecular flexibility index (Phi) is 8.52. The molecule has 0 saturated carbocycles. The molecule has 0 bridgehead atoms. The van der Waals surface area contributed by atoms with Crippen molar-refractivity contribution >= 4 is 34.8 Å². The van der Waals surface area contributed by atoms with Crippen molar-refractivity contribution < 1.29 is 14.1 Å². The molecule has 2 N–H and O–H groups in total. The molecular weight excluding hydrogens is 538 g/mol. The predicted molar refractivity (Wildman–Crippen MR) is 161 cm³/mol. The van der Waals surface area contributed by atoms with Gasteiger partial charge in [-0.05, 0) is 79.4 Å². The van der Waals surface area contributed by atoms with Crippen molar-refractivity contribution in [3.05, 3.63) is 94.8 Å². The lowest BCUT2D eigenvalue weighted by molar-refractivity contribution is -0.121. The Morgan fingerprint density at radius 3 is 2.32 bits per heavy atom. The van der Waals surface area contributed by atoms with E-state index in [4.69, 9.17) is 16.1 Å². The number of likely N-dealkylation sites (tertiary alicyclic amines) is 1. The maximum atomic E-state index is 13.0. The Morgan fingerprint density at radius 1 is 0.951 bits per heavy atom. The maximum Gasteiger partial charge on any atom is 0.255 e. The van der Waals surface area contributed by atoms with Gasteiger partial charge in [-0.25, -0.2) is 0 Å². The summed E-state index contributed by atoms with van der Waals surface area (Å²) in [6.07, 6.45) is 1.45. The lowest BCUT2D eigenvalue weighted by Crippen LogP contribution is -2.37. The van der Waals surface area contributed by atoms with E-state index in [-0.39, 0.29) is 23.1 Å². The largest absolute Gasteiger partial charge is 0.338 e. The summed E-state index contributed by atoms with van der Waals surface area (Å²) in [6, 6.07) is 22.2. The number of anilines is 2. The molecule has 1 fully saturated rings. The minimum atomic E-state index is -0.192. The summed E-state index contributed by atoms with van der Waals surface area (Å²) in [5.41, 5.74) is 3.86. The standard InChI is InChI=1S/C32H34ClN5O3/c1-32(2,3)24-12-10-21(11-13-24)30(39)34-26-8-5-9-27(19-26)35-31(40)22-14-16-38(17-15-22)20-28-36-29(37-41-28)23-6-4-7-25(33)18-23/h4-13,18-19,22H,14-17,20H2,1-3H3,(H,34,39)(H,35,40). The molecule has 5 rings (SSSR count). The fourth-order valence-corrected chi connectivity index (χ4v) is 5.04. The van der Waals surface area contributed by atoms with E-state index in [9.17, 15) is 9.59 Å². The molecule has 2 amide bonds. The van der Waals surface area contributed by atoms with Gasteiger partial charge in [0.25, 0.3) is 5.91 Å². The molecule has 1 aliphatic heterocycles. The molecule has 41 heavy (non-hydrogen) atoms. The van der Waals surface area contributed by atoms with E-state index in [1.54, 1.807) is 18.2 Å². The van der Waals surface area contributed by atoms with Crippen molar-refractivity contribution in [3.63, 3.8) is 0 Å². The number of benzene rings is 3. The van der Waals surface area contributed by atoms with Crippen LogP contribution in [-0.2, 0) is 16.8 Å². The van der Waals surface area contributed by atoms with Gasteiger partial charge < -0.3 is 15.2 Å². The van der Waals surface area contributed by atoms with Crippen molar-refractivity contribution in [3.8, 4) is 11.4 Å². The molecule has 9 heteroatoms. The summed E-state index contributed by atoms with van der Waals surface area (Å²) in [4.78, 5) is 32.5. The van der Waals surface area contributed by atoms with Crippen LogP contribution in [0.5, 0.6) is 0 Å². The first kappa shape index (κ1) is 28.5. The van der Waals surface area contributed by atoms with Crippen LogP contribution in [0.15, 0.2) is 77.3 Å². The molecule has 0 radical (unpaired) electrons. The van der Waals surface area contributed by atoms with Crippen LogP contribution in [0, 0.1) is 5.92 Å². The monoisotopic (exact) mass is 571 g/mol. The van der Waals surface area contributed by atoms with E-state index >= 15 is 0 Å². The van der Waals surface area contributed by atoms with Gasteiger partial charge in [0.05, 0.1) is 6.54 Å². The third-order valence-corrected chi connectivity index (χ3v) is 7.50. The fraction of sp³-hybridized carbons (Fsp3) is 0.312. The van der Waals surface area contributed by atoms with Crippen LogP contribution in [0.4, 0.5) is 11.4 Å². The van der Waals surface area contributed by atoms with Gasteiger partial charge in [0.2, 0.25) is 17.6 Å². The number of hydrogen-bond acceptors (Lipinski definition) is 6. The van der Waals surface area contributed by atoms with Gasteiger partial charge >= 0.3 is 0 Å². The first-order valence-corrected chi connectivity index (χ1v) is 14.2. The highest BCUT2D eigenvalue weighted by atomic mass is 35.5. The number of hydrogen-bond donors (Lipinski definition) is 2. The smallest absolute Gasteiger partial charge is 0.255 e. The molecule has 0 unspecified atom stereocenters. The van der Waals surface area contributed by atoms with E-state index < -0.39 is 0 Å². The van der Waals surface area contributed by atoms with Crippen LogP contribution < -0.4 is 10.6 Å². The molecule has 0 atom stereocenters. The van der Waals surface area contributed by atoms with E-state index in [2.05, 4.69) is 46.4 Å². The number of rotatable bonds is 7. The third-order valence-electron chi connectivity index (χ3n) is 7.27. The zero-order valence-corrected chi connectivity index (χ0v) is 24.2. The molecule has 0 aliphatic carbocycles. The molecule has 2 heterocycles. The summed E-state index contributed by atoms with van der Waals surface area (Å²) in [5.74, 6) is 0.727. The minimum absolute atomic E-state index is 0.0214. The Morgan fingerprint density at radius 2 is 1.63 bits per heavy atom. The topological polar surface area (TPSA) is 100 Å². The molecule has 1 aromatic heterocycles. The Bertz CT molecular complexity index is 1520. The number of nitrogens with zero attached hydrogens (tertiary/aromatic N) is 3. The summed E-state index contributed by atoms with van der Waals surface area (Å²) < 4.78 is 5.45. The van der Waals surface area contributed by atoms with Crippen LogP contribution >= 0.6 is 11.6 Å². The first-order valence-electron chi connectivity index (χ1n) is 13.8. The van der Waals surface area contributed by atoms with Crippen molar-refractivity contribution in [2.45, 2.75) is 45.6 Å². The zero-order chi connectivity index (χ0) is 29.0. The zero-order valence-electron chi connectivity index (χ0n) is 23.5. The van der Waals surface area contributed by atoms with Crippen LogP contribution in [-0.4, -0.2) is 39.9 Å². The van der Waals surface area contributed by atoms with Gasteiger partial charge in [0.1, 0.15) is 0 Å². The minimum Gasteiger partial charge on any atom is -0.338 e. The van der Waals surface area contributed by atoms with Crippen molar-refractivity contribution in [1.29, 1.82) is 0 Å². The van der Waals surface area contributed by atoms with E-state index in [1.807, 2.05) is 54.6 Å². The number of piperidine rings is 1. The summed E-state index contributed by atoms with van der Waals surface area (Å²) in [5, 5.41) is 10.6. The molecule has 1 aliphatic rings. The van der Waals surface area contributed by atoms with Gasteiger partial charge in [-0.3, -0.25) is 14.5 Å². The van der Waals surface area contributed by atoms with E-state index in [0.717, 1.165) is 31.5 Å². The summed E-state index contributed by atoms with van der Waals surface area (Å²) in [6.45, 7) is 8.44. The maximum absolute atomic E-state index is 13.0. The van der Waals surface area contributed by atoms with Gasteiger partial charge in [-0.1, -0.05) is 67.9 Å². The summed E-state index contributed by atoms with van der Waals surface area (Å²) in [7, 11) is 0. The van der Waals surface area contributed by atoms with E-state index in [1.165, 1.54) is 5.56 Å². The van der Waals surface area contributed by atoms with Crippen molar-refractivity contribution in [2.24, 2.45) is 5.92 Å². The second kappa shape index (κ2) is 12.2. The molecule has 4 aromatic rings. The van der Waals surface area contributed by atoms with Crippen LogP contribution in [0.3, 0.4) is 0 Å². The molecule has 8 nitrogen and oxygen atoms in total. The highest BCUT2D eigenvalue weighted by Gasteiger charge is 2.26. The number of nitrogens with one attached hydrogen (secondary N) is 2. The molecular formula is C32H34ClN5O3. The van der Waals surface area contributed by atoms with Crippen LogP contribution in [0.1, 0.15) is 55.4 Å². The highest BCUT2D eigenvalue weighted by molar-refractivity contribution is 6.30. The van der Waals surface area contributed by atoms with Crippen LogP contribution in [0.25, 0.3) is 11.4 Å². The van der Waals surface area contributed by atoms with E-state index in [0.29, 0.717) is 40.2 Å². The lowest BCUT2D eigenvalue weighted by atomic mass is 9.87. The van der Waals surface area contributed by atoms with Crippen molar-refractivity contribution in [1.82, 2.24) is 15.0 Å². The average Bonchev–Trinajstić information content (AvgIpc) is 3.42. The Hall–Kier alpha value is -4.01. The fourth-order valence-electron chi connectivity index (χ4n) is 4.85. The number of carbonyl (C=O) groups is 2. The van der Waals surface area contributed by atoms with Crippen LogP contribution in [0.2, 0.25) is 5.02 Å². The Balaban J connectivity index is 1.11. The molecule has 212 valence electrons. The quantitative estimate of drug-likeness (QED) is 0.253. The van der Waals surface area contributed by atoms with Gasteiger partial charge in [-0.2, -0.15) is 4.98 Å². The number of aromatic nitrogens is 2. The number of halogens is 1. The number of carbonyl (C=O) groups excluding carboxylic acids is 2. The third kappa shape index (κ3) is 7.39. The molecule has 3 aromatic carbocycles.